The Bertz CT molecular complexity index is 334. The number of alkyl halides is 3. The predicted octanol–water partition coefficient (Wildman–Crippen LogP) is 2.08. The van der Waals surface area contributed by atoms with Crippen molar-refractivity contribution in [2.45, 2.75) is 12.3 Å². The molecule has 0 aliphatic rings. The van der Waals surface area contributed by atoms with Crippen LogP contribution in [0.3, 0.4) is 0 Å². The van der Waals surface area contributed by atoms with Gasteiger partial charge < -0.3 is 9.84 Å². The van der Waals surface area contributed by atoms with Crippen molar-refractivity contribution in [3.05, 3.63) is 30.3 Å². The highest BCUT2D eigenvalue weighted by Gasteiger charge is 2.47. The number of carboxylic acids is 1. The third-order valence-electron chi connectivity index (χ3n) is 1.52. The molecular weight excluding hydrogens is 213 g/mol. The van der Waals surface area contributed by atoms with Gasteiger partial charge in [0.05, 0.1) is 0 Å². The van der Waals surface area contributed by atoms with Crippen LogP contribution in [0, 0.1) is 0 Å². The number of carboxylic acid groups (broad SMARTS) is 1. The van der Waals surface area contributed by atoms with E-state index in [2.05, 4.69) is 4.74 Å². The molecule has 0 heterocycles. The largest absolute Gasteiger partial charge is 0.478 e. The molecule has 3 nitrogen and oxygen atoms in total. The molecule has 82 valence electrons. The zero-order valence-corrected chi connectivity index (χ0v) is 7.36. The lowest BCUT2D eigenvalue weighted by molar-refractivity contribution is -0.207. The fourth-order valence-corrected chi connectivity index (χ4v) is 0.892. The van der Waals surface area contributed by atoms with Crippen LogP contribution in [0.15, 0.2) is 30.3 Å². The summed E-state index contributed by atoms with van der Waals surface area (Å²) < 4.78 is 40.8. The van der Waals surface area contributed by atoms with Crippen molar-refractivity contribution in [1.29, 1.82) is 0 Å². The molecule has 15 heavy (non-hydrogen) atoms. The van der Waals surface area contributed by atoms with Gasteiger partial charge in [0.25, 0.3) is 6.10 Å². The van der Waals surface area contributed by atoms with Gasteiger partial charge in [-0.25, -0.2) is 4.79 Å². The first-order valence-corrected chi connectivity index (χ1v) is 3.92. The van der Waals surface area contributed by atoms with Crippen molar-refractivity contribution < 1.29 is 27.8 Å². The van der Waals surface area contributed by atoms with E-state index < -0.39 is 18.2 Å². The Morgan fingerprint density at radius 1 is 1.27 bits per heavy atom. The number of para-hydroxylation sites is 1. The quantitative estimate of drug-likeness (QED) is 0.848. The fraction of sp³-hybridized carbons (Fsp3) is 0.222. The number of carbonyl (C=O) groups is 1. The van der Waals surface area contributed by atoms with E-state index in [1.165, 1.54) is 24.3 Å². The molecule has 1 rings (SSSR count). The Morgan fingerprint density at radius 3 is 2.20 bits per heavy atom. The Balaban J connectivity index is 2.82. The maximum atomic E-state index is 12.2. The number of halogens is 3. The molecule has 0 spiro atoms. The lowest BCUT2D eigenvalue weighted by atomic mass is 10.3. The van der Waals surface area contributed by atoms with E-state index >= 15 is 0 Å². The predicted molar refractivity (Wildman–Crippen MR) is 44.5 cm³/mol. The van der Waals surface area contributed by atoms with Crippen molar-refractivity contribution in [2.24, 2.45) is 0 Å². The van der Waals surface area contributed by atoms with Crippen molar-refractivity contribution in [2.75, 3.05) is 0 Å². The number of hydrogen-bond acceptors (Lipinski definition) is 2. The first-order chi connectivity index (χ1) is 6.91. The molecule has 1 unspecified atom stereocenters. The summed E-state index contributed by atoms with van der Waals surface area (Å²) in [6.45, 7) is 0. The van der Waals surface area contributed by atoms with Crippen molar-refractivity contribution in [1.82, 2.24) is 0 Å². The van der Waals surface area contributed by atoms with E-state index in [1.54, 1.807) is 6.07 Å². The second-order valence-electron chi connectivity index (χ2n) is 2.69. The fourth-order valence-electron chi connectivity index (χ4n) is 0.892. The van der Waals surface area contributed by atoms with Crippen LogP contribution in [0.1, 0.15) is 0 Å². The summed E-state index contributed by atoms with van der Waals surface area (Å²) in [7, 11) is 0. The van der Waals surface area contributed by atoms with E-state index in [4.69, 9.17) is 5.11 Å². The lowest BCUT2D eigenvalue weighted by Gasteiger charge is -2.17. The van der Waals surface area contributed by atoms with Gasteiger partial charge in [-0.15, -0.1) is 0 Å². The molecule has 0 amide bonds. The second-order valence-corrected chi connectivity index (χ2v) is 2.69. The van der Waals surface area contributed by atoms with Gasteiger partial charge in [0.1, 0.15) is 5.75 Å². The molecule has 0 aliphatic carbocycles. The maximum absolute atomic E-state index is 12.2. The van der Waals surface area contributed by atoms with Crippen LogP contribution in [-0.2, 0) is 4.79 Å². The van der Waals surface area contributed by atoms with Gasteiger partial charge in [-0.05, 0) is 12.1 Å². The van der Waals surface area contributed by atoms with Gasteiger partial charge in [0, 0.05) is 0 Å². The van der Waals surface area contributed by atoms with E-state index in [-0.39, 0.29) is 5.75 Å². The molecule has 0 aliphatic heterocycles. The highest BCUT2D eigenvalue weighted by atomic mass is 19.4. The number of ether oxygens (including phenoxy) is 1. The monoisotopic (exact) mass is 220 g/mol. The van der Waals surface area contributed by atoms with Crippen molar-refractivity contribution >= 4 is 5.97 Å². The third-order valence-corrected chi connectivity index (χ3v) is 1.52. The molecule has 0 aromatic heterocycles. The average Bonchev–Trinajstić information content (AvgIpc) is 2.13. The minimum atomic E-state index is -4.93. The summed E-state index contributed by atoms with van der Waals surface area (Å²) in [4.78, 5) is 10.3. The number of rotatable bonds is 3. The van der Waals surface area contributed by atoms with Gasteiger partial charge in [0.2, 0.25) is 0 Å². The topological polar surface area (TPSA) is 46.5 Å². The smallest absolute Gasteiger partial charge is 0.436 e. The highest BCUT2D eigenvalue weighted by Crippen LogP contribution is 2.25. The van der Waals surface area contributed by atoms with Crippen LogP contribution in [-0.4, -0.2) is 23.4 Å². The van der Waals surface area contributed by atoms with Crippen LogP contribution < -0.4 is 4.74 Å². The first-order valence-electron chi connectivity index (χ1n) is 3.92. The molecule has 0 saturated heterocycles. The van der Waals surface area contributed by atoms with Gasteiger partial charge in [-0.1, -0.05) is 18.2 Å². The number of aliphatic carboxylic acids is 1. The Labute approximate surface area is 83.1 Å². The number of hydrogen-bond donors (Lipinski definition) is 1. The van der Waals surface area contributed by atoms with E-state index in [1.807, 2.05) is 0 Å². The van der Waals surface area contributed by atoms with Crippen LogP contribution in [0.2, 0.25) is 0 Å². The highest BCUT2D eigenvalue weighted by molar-refractivity contribution is 5.73. The van der Waals surface area contributed by atoms with Gasteiger partial charge >= 0.3 is 12.1 Å². The van der Waals surface area contributed by atoms with Crippen molar-refractivity contribution in [3.8, 4) is 5.75 Å². The average molecular weight is 220 g/mol. The third kappa shape index (κ3) is 3.16. The zero-order chi connectivity index (χ0) is 11.5. The normalized spacial score (nSPS) is 13.3. The zero-order valence-electron chi connectivity index (χ0n) is 7.36. The lowest BCUT2D eigenvalue weighted by Crippen LogP contribution is -2.41. The Kier molecular flexibility index (Phi) is 3.18. The van der Waals surface area contributed by atoms with Crippen molar-refractivity contribution in [3.63, 3.8) is 0 Å². The molecular formula is C9H7F3O3. The summed E-state index contributed by atoms with van der Waals surface area (Å²) >= 11 is 0. The summed E-state index contributed by atoms with van der Waals surface area (Å²) in [5.74, 6) is -2.20. The van der Waals surface area contributed by atoms with Crippen LogP contribution in [0.4, 0.5) is 13.2 Å². The standard InChI is InChI=1S/C9H7F3O3/c10-9(11,12)7(8(13)14)15-6-4-2-1-3-5-6/h1-5,7H,(H,13,14). The molecule has 1 aromatic rings. The van der Waals surface area contributed by atoms with Gasteiger partial charge in [-0.2, -0.15) is 13.2 Å². The molecule has 0 radical (unpaired) electrons. The summed E-state index contributed by atoms with van der Waals surface area (Å²) in [6, 6.07) is 6.98. The van der Waals surface area contributed by atoms with Gasteiger partial charge in [-0.3, -0.25) is 0 Å². The van der Waals surface area contributed by atoms with E-state index in [0.717, 1.165) is 0 Å². The summed E-state index contributed by atoms with van der Waals surface area (Å²) in [5, 5.41) is 8.33. The van der Waals surface area contributed by atoms with Crippen LogP contribution >= 0.6 is 0 Å². The van der Waals surface area contributed by atoms with Crippen LogP contribution in [0.5, 0.6) is 5.75 Å². The molecule has 0 saturated carbocycles. The summed E-state index contributed by atoms with van der Waals surface area (Å²) in [6.07, 6.45) is -7.76. The van der Waals surface area contributed by atoms with Gasteiger partial charge in [0.15, 0.2) is 0 Å². The van der Waals surface area contributed by atoms with Crippen LogP contribution in [0.25, 0.3) is 0 Å². The molecule has 1 N–H and O–H groups in total. The maximum Gasteiger partial charge on any atom is 0.436 e. The second kappa shape index (κ2) is 4.20. The Morgan fingerprint density at radius 2 is 1.80 bits per heavy atom. The molecule has 1 atom stereocenters. The summed E-state index contributed by atoms with van der Waals surface area (Å²) in [5.41, 5.74) is 0. The minimum absolute atomic E-state index is 0.137. The van der Waals surface area contributed by atoms with E-state index in [9.17, 15) is 18.0 Å². The Hall–Kier alpha value is -1.72. The first kappa shape index (κ1) is 11.4. The molecule has 1 aromatic carbocycles. The molecule has 0 fully saturated rings. The molecule has 6 heteroatoms. The van der Waals surface area contributed by atoms with E-state index in [0.29, 0.717) is 0 Å². The number of benzene rings is 1. The molecule has 0 bridgehead atoms. The SMILES string of the molecule is O=C(O)C(Oc1ccccc1)C(F)(F)F. The minimum Gasteiger partial charge on any atom is -0.478 e.